The molecule has 1 aliphatic rings. The molecule has 1 heterocycles. The van der Waals surface area contributed by atoms with Gasteiger partial charge in [0.25, 0.3) is 0 Å². The SMILES string of the molecule is [2H]c1c([2H])c([2H])c(-c2c([2H])c([2H])c(N(c3c([2H])c([2H])c(-c4c([2H])c([2H])c([2H])c([2H])c4[2H])c([2H])c3[2H])c3c([2H])c([2H])c4c(c3[2H])C(C([2H])([2H])[2H])(C([2H])([2H])[2H])c3c([2H])c([2H])c([2H])c([2H])c3N4c3c(-c4c([2H])c([2H])c([2H])c([2H])c4[2H])c([2H])c([2H])c4c([2H])c([2H])c([2H])c([2H])c34)c([2H])c2[2H])c([2H])c1[2H]. The van der Waals surface area contributed by atoms with Gasteiger partial charge < -0.3 is 9.80 Å². The number of anilines is 6. The van der Waals surface area contributed by atoms with Crippen LogP contribution in [0.25, 0.3) is 44.2 Å². The van der Waals surface area contributed by atoms with E-state index in [1.54, 1.807) is 0 Å². The first kappa shape index (κ1) is 11.7. The van der Waals surface area contributed by atoms with Crippen molar-refractivity contribution in [2.75, 3.05) is 9.80 Å². The van der Waals surface area contributed by atoms with Crippen LogP contribution in [0.2, 0.25) is 0 Å². The highest BCUT2D eigenvalue weighted by molar-refractivity contribution is 6.07. The lowest BCUT2D eigenvalue weighted by atomic mass is 9.73. The molecular weight excluding hydrogens is 689 g/mol. The molecule has 2 heteroatoms. The fourth-order valence-corrected chi connectivity index (χ4v) is 5.99. The Hall–Kier alpha value is -7.16. The number of rotatable bonds is 7. The summed E-state index contributed by atoms with van der Waals surface area (Å²) in [6.45, 7) is -9.00. The van der Waals surface area contributed by atoms with Crippen molar-refractivity contribution in [1.29, 1.82) is 0 Å². The van der Waals surface area contributed by atoms with E-state index < -0.39 is 326 Å². The zero-order chi connectivity index (χ0) is 74.7. The van der Waals surface area contributed by atoms with E-state index in [0.29, 0.717) is 0 Å². The van der Waals surface area contributed by atoms with E-state index in [4.69, 9.17) is 24.7 Å². The van der Waals surface area contributed by atoms with Gasteiger partial charge in [-0.3, -0.25) is 0 Å². The van der Waals surface area contributed by atoms with Gasteiger partial charge in [0.1, 0.15) is 0 Å². The van der Waals surface area contributed by atoms with Crippen LogP contribution in [0.1, 0.15) is 82.4 Å². The normalized spacial score (nSPS) is 23.7. The average molecular weight is 773 g/mol. The lowest BCUT2D eigenvalue weighted by Crippen LogP contribution is -2.31. The molecule has 9 aromatic rings. The molecule has 0 atom stereocenters. The maximum atomic E-state index is 10.6. The Morgan fingerprint density at radius 1 is 0.421 bits per heavy atom. The maximum Gasteiger partial charge on any atom is 0.0649 e. The number of nitrogens with zero attached hydrogens (tertiary/aromatic N) is 2. The summed E-state index contributed by atoms with van der Waals surface area (Å²) in [4.78, 5) is 0.184. The molecule has 0 unspecified atom stereocenters. The highest BCUT2D eigenvalue weighted by Gasteiger charge is 2.38. The third kappa shape index (κ3) is 6.07. The number of para-hydroxylation sites is 1. The summed E-state index contributed by atoms with van der Waals surface area (Å²) in [6.07, 6.45) is 0. The van der Waals surface area contributed by atoms with Gasteiger partial charge in [-0.2, -0.15) is 0 Å². The van der Waals surface area contributed by atoms with Gasteiger partial charge in [-0.15, -0.1) is 0 Å². The first-order valence-electron chi connectivity index (χ1n) is 37.3. The van der Waals surface area contributed by atoms with Gasteiger partial charge in [0.15, 0.2) is 0 Å². The topological polar surface area (TPSA) is 6.48 Å². The van der Waals surface area contributed by atoms with Crippen molar-refractivity contribution in [3.63, 3.8) is 0 Å². The van der Waals surface area contributed by atoms with Crippen LogP contribution in [0.15, 0.2) is 218 Å². The molecule has 0 saturated carbocycles. The summed E-state index contributed by atoms with van der Waals surface area (Å²) in [5.41, 5.74) is -23.7. The van der Waals surface area contributed by atoms with Crippen LogP contribution in [-0.2, 0) is 5.41 Å². The minimum Gasteiger partial charge on any atom is -0.310 e. The van der Waals surface area contributed by atoms with E-state index in [9.17, 15) is 32.9 Å². The van der Waals surface area contributed by atoms with Crippen LogP contribution in [0.3, 0.4) is 0 Å². The Kier molecular flexibility index (Phi) is 2.90. The molecule has 0 fully saturated rings. The highest BCUT2D eigenvalue weighted by Crippen LogP contribution is 2.56. The van der Waals surface area contributed by atoms with Crippen LogP contribution in [0, 0.1) is 0 Å². The fraction of sp³-hybridized carbons (Fsp3) is 0.0545. The Labute approximate surface area is 394 Å². The predicted molar refractivity (Wildman–Crippen MR) is 242 cm³/mol. The van der Waals surface area contributed by atoms with Crippen LogP contribution < -0.4 is 9.80 Å². The molecule has 0 spiro atoms. The van der Waals surface area contributed by atoms with Crippen molar-refractivity contribution >= 4 is 44.9 Å². The van der Waals surface area contributed by atoms with Crippen molar-refractivity contribution in [2.45, 2.75) is 19.1 Å². The van der Waals surface area contributed by atoms with Gasteiger partial charge in [0, 0.05) is 41.7 Å². The average Bonchev–Trinajstić information content (AvgIpc) is 0.658. The monoisotopic (exact) mass is 773 g/mol. The summed E-state index contributed by atoms with van der Waals surface area (Å²) >= 11 is 0. The van der Waals surface area contributed by atoms with E-state index in [1.165, 1.54) is 0 Å². The minimum absolute atomic E-state index is 0.0212. The molecule has 0 radical (unpaired) electrons. The summed E-state index contributed by atoms with van der Waals surface area (Å²) in [7, 11) is 0. The molecule has 0 aromatic heterocycles. The third-order valence-corrected chi connectivity index (χ3v) is 8.49. The Balaban J connectivity index is 1.56. The molecule has 10 rings (SSSR count). The zero-order valence-corrected chi connectivity index (χ0v) is 28.4. The Morgan fingerprint density at radius 3 is 1.53 bits per heavy atom. The molecule has 0 saturated heterocycles. The molecule has 0 bridgehead atoms. The van der Waals surface area contributed by atoms with E-state index >= 15 is 0 Å². The second kappa shape index (κ2) is 14.2. The van der Waals surface area contributed by atoms with Crippen LogP contribution in [-0.4, -0.2) is 0 Å². The van der Waals surface area contributed by atoms with Gasteiger partial charge >= 0.3 is 0 Å². The van der Waals surface area contributed by atoms with E-state index in [0.717, 1.165) is 0 Å². The second-order valence-electron chi connectivity index (χ2n) is 11.8. The number of hydrogen-bond acceptors (Lipinski definition) is 2. The van der Waals surface area contributed by atoms with Crippen molar-refractivity contribution in [3.05, 3.63) is 229 Å². The smallest absolute Gasteiger partial charge is 0.0649 e. The minimum atomic E-state index is -4.50. The molecule has 0 aliphatic carbocycles. The van der Waals surface area contributed by atoms with E-state index in [2.05, 4.69) is 0 Å². The van der Waals surface area contributed by atoms with Crippen LogP contribution in [0.5, 0.6) is 0 Å². The van der Waals surface area contributed by atoms with Gasteiger partial charge in [0.2, 0.25) is 0 Å². The third-order valence-electron chi connectivity index (χ3n) is 8.49. The largest absolute Gasteiger partial charge is 0.310 e. The lowest BCUT2D eigenvalue weighted by Gasteiger charge is -2.43. The number of fused-ring (bicyclic) bond motifs is 3. The Morgan fingerprint density at radius 2 is 0.912 bits per heavy atom. The van der Waals surface area contributed by atoms with Gasteiger partial charge in [-0.1, -0.05) is 183 Å². The van der Waals surface area contributed by atoms with Crippen molar-refractivity contribution < 1.29 is 57.6 Å². The molecule has 57 heavy (non-hydrogen) atoms. The van der Waals surface area contributed by atoms with Crippen molar-refractivity contribution in [3.8, 4) is 33.4 Å². The molecule has 0 N–H and O–H groups in total. The van der Waals surface area contributed by atoms with Crippen LogP contribution >= 0.6 is 0 Å². The first-order valence-corrected chi connectivity index (χ1v) is 16.3. The van der Waals surface area contributed by atoms with Gasteiger partial charge in [0.05, 0.1) is 66.4 Å². The quantitative estimate of drug-likeness (QED) is 0.159. The first-order chi connectivity index (χ1) is 45.5. The Bertz CT molecular complexity index is 4910. The molecule has 0 amide bonds. The molecular formula is C55H42N2. The second-order valence-corrected chi connectivity index (χ2v) is 11.8. The molecule has 2 nitrogen and oxygen atoms in total. The summed E-state index contributed by atoms with van der Waals surface area (Å²) in [6, 6.07) is -48.0. The summed E-state index contributed by atoms with van der Waals surface area (Å²) in [5, 5.41) is -2.18. The van der Waals surface area contributed by atoms with Crippen LogP contribution in [0.4, 0.5) is 34.1 Å². The van der Waals surface area contributed by atoms with Gasteiger partial charge in [-0.05, 0) is 92.7 Å². The van der Waals surface area contributed by atoms with E-state index in [1.807, 2.05) is 0 Å². The predicted octanol–water partition coefficient (Wildman–Crippen LogP) is 15.4. The molecule has 9 aromatic carbocycles. The van der Waals surface area contributed by atoms with Gasteiger partial charge in [-0.25, -0.2) is 0 Å². The van der Waals surface area contributed by atoms with Crippen molar-refractivity contribution in [1.82, 2.24) is 0 Å². The number of hydrogen-bond donors (Lipinski definition) is 0. The lowest BCUT2D eigenvalue weighted by molar-refractivity contribution is 0.632. The molecule has 272 valence electrons. The van der Waals surface area contributed by atoms with Crippen molar-refractivity contribution in [2.24, 2.45) is 0 Å². The fourth-order valence-electron chi connectivity index (χ4n) is 5.99. The zero-order valence-electron chi connectivity index (χ0n) is 70.4. The highest BCUT2D eigenvalue weighted by atomic mass is 15.2. The maximum absolute atomic E-state index is 10.6. The summed E-state index contributed by atoms with van der Waals surface area (Å²) in [5.74, 6) is 0. The number of benzene rings is 9. The standard InChI is InChI=1S/C55H42N2/c1-55(2)50-24-14-15-25-52(50)57(54-48-23-13-12-22-44(48)30-36-49(54)43-20-10-5-11-21-43)53-37-35-47(38-51(53)55)56(45-31-26-41(27-32-45)39-16-6-3-7-17-39)46-33-28-42(29-34-46)40-18-8-4-9-19-40/h3-38H,1-2H3/i1D3,2D3,3D,4D,5D,6D,7D,8D,9D,10D,11D,12D,13D,14D,15D,16D,17D,18D,19D,20D,21D,22D,23D,24D,25D,26D,27D,28D,29D,30D,31D,32D,33D,34D,35D,36D,37D,38D. The van der Waals surface area contributed by atoms with E-state index in [-0.39, 0.29) is 9.80 Å². The molecule has 1 aliphatic heterocycles. The summed E-state index contributed by atoms with van der Waals surface area (Å²) < 4.78 is 387.